The lowest BCUT2D eigenvalue weighted by Crippen LogP contribution is -2.13. The van der Waals surface area contributed by atoms with Crippen LogP contribution in [-0.2, 0) is 0 Å². The predicted octanol–water partition coefficient (Wildman–Crippen LogP) is 4.17. The van der Waals surface area contributed by atoms with Crippen molar-refractivity contribution in [2.75, 3.05) is 14.2 Å². The Bertz CT molecular complexity index is 619. The average Bonchev–Trinajstić information content (AvgIpc) is 2.46. The standard InChI is InChI=1S/C15H15BrClNO2/c1-19-10-4-6-12(14(8-10)20-2)15(18)11-5-3-9(17)7-13(11)16/h3-8,15H,18H2,1-2H3. The molecule has 0 fully saturated rings. The van der Waals surface area contributed by atoms with Gasteiger partial charge in [-0.1, -0.05) is 33.6 Å². The van der Waals surface area contributed by atoms with Crippen LogP contribution in [0.2, 0.25) is 5.02 Å². The van der Waals surface area contributed by atoms with Gasteiger partial charge in [0.2, 0.25) is 0 Å². The van der Waals surface area contributed by atoms with Crippen LogP contribution in [0.5, 0.6) is 11.5 Å². The molecular weight excluding hydrogens is 342 g/mol. The van der Waals surface area contributed by atoms with E-state index in [1.807, 2.05) is 36.4 Å². The molecule has 0 spiro atoms. The van der Waals surface area contributed by atoms with E-state index in [4.69, 9.17) is 26.8 Å². The molecule has 0 aromatic heterocycles. The number of halogens is 2. The number of hydrogen-bond donors (Lipinski definition) is 1. The van der Waals surface area contributed by atoms with Gasteiger partial charge in [-0.2, -0.15) is 0 Å². The second-order valence-corrected chi connectivity index (χ2v) is 5.54. The minimum absolute atomic E-state index is 0.317. The monoisotopic (exact) mass is 355 g/mol. The van der Waals surface area contributed by atoms with Gasteiger partial charge in [-0.05, 0) is 29.8 Å². The van der Waals surface area contributed by atoms with Gasteiger partial charge in [-0.25, -0.2) is 0 Å². The molecular formula is C15H15BrClNO2. The third-order valence-electron chi connectivity index (χ3n) is 3.07. The molecule has 0 aliphatic carbocycles. The smallest absolute Gasteiger partial charge is 0.127 e. The highest BCUT2D eigenvalue weighted by Gasteiger charge is 2.17. The van der Waals surface area contributed by atoms with E-state index in [0.717, 1.165) is 21.3 Å². The van der Waals surface area contributed by atoms with Crippen molar-refractivity contribution < 1.29 is 9.47 Å². The van der Waals surface area contributed by atoms with E-state index >= 15 is 0 Å². The first-order valence-corrected chi connectivity index (χ1v) is 7.16. The van der Waals surface area contributed by atoms with E-state index in [1.54, 1.807) is 14.2 Å². The van der Waals surface area contributed by atoms with Crippen LogP contribution in [0.3, 0.4) is 0 Å². The molecule has 0 saturated heterocycles. The van der Waals surface area contributed by atoms with Crippen molar-refractivity contribution >= 4 is 27.5 Å². The molecule has 0 saturated carbocycles. The molecule has 0 heterocycles. The largest absolute Gasteiger partial charge is 0.497 e. The lowest BCUT2D eigenvalue weighted by atomic mass is 9.98. The molecule has 0 aliphatic heterocycles. The first kappa shape index (κ1) is 15.2. The van der Waals surface area contributed by atoms with Gasteiger partial charge < -0.3 is 15.2 Å². The van der Waals surface area contributed by atoms with Crippen molar-refractivity contribution in [3.8, 4) is 11.5 Å². The van der Waals surface area contributed by atoms with Gasteiger partial charge in [-0.15, -0.1) is 0 Å². The molecule has 2 aromatic rings. The fraction of sp³-hybridized carbons (Fsp3) is 0.200. The molecule has 5 heteroatoms. The summed E-state index contributed by atoms with van der Waals surface area (Å²) < 4.78 is 11.5. The van der Waals surface area contributed by atoms with Crippen molar-refractivity contribution in [1.29, 1.82) is 0 Å². The fourth-order valence-electron chi connectivity index (χ4n) is 2.00. The zero-order valence-electron chi connectivity index (χ0n) is 11.2. The van der Waals surface area contributed by atoms with E-state index in [-0.39, 0.29) is 6.04 Å². The summed E-state index contributed by atoms with van der Waals surface area (Å²) in [7, 11) is 3.23. The fourth-order valence-corrected chi connectivity index (χ4v) is 2.93. The van der Waals surface area contributed by atoms with Crippen molar-refractivity contribution in [2.24, 2.45) is 5.73 Å². The molecule has 0 aliphatic rings. The number of methoxy groups -OCH3 is 2. The van der Waals surface area contributed by atoms with Crippen LogP contribution >= 0.6 is 27.5 Å². The Hall–Kier alpha value is -1.23. The Morgan fingerprint density at radius 2 is 1.75 bits per heavy atom. The Labute approximate surface area is 131 Å². The van der Waals surface area contributed by atoms with Crippen molar-refractivity contribution in [1.82, 2.24) is 0 Å². The lowest BCUT2D eigenvalue weighted by molar-refractivity contribution is 0.390. The summed E-state index contributed by atoms with van der Waals surface area (Å²) >= 11 is 9.44. The first-order chi connectivity index (χ1) is 9.56. The zero-order chi connectivity index (χ0) is 14.7. The van der Waals surface area contributed by atoms with Gasteiger partial charge in [-0.3, -0.25) is 0 Å². The van der Waals surface area contributed by atoms with E-state index in [1.165, 1.54) is 0 Å². The van der Waals surface area contributed by atoms with Gasteiger partial charge in [0.25, 0.3) is 0 Å². The summed E-state index contributed by atoms with van der Waals surface area (Å²) in [5.74, 6) is 1.42. The maximum absolute atomic E-state index is 6.34. The van der Waals surface area contributed by atoms with Gasteiger partial charge in [0.05, 0.1) is 20.3 Å². The molecule has 1 atom stereocenters. The summed E-state index contributed by atoms with van der Waals surface area (Å²) in [6.07, 6.45) is 0. The van der Waals surface area contributed by atoms with Crippen LogP contribution in [-0.4, -0.2) is 14.2 Å². The van der Waals surface area contributed by atoms with Crippen LogP contribution in [0.1, 0.15) is 17.2 Å². The number of benzene rings is 2. The minimum Gasteiger partial charge on any atom is -0.497 e. The normalized spacial score (nSPS) is 12.1. The predicted molar refractivity (Wildman–Crippen MR) is 84.7 cm³/mol. The topological polar surface area (TPSA) is 44.5 Å². The molecule has 20 heavy (non-hydrogen) atoms. The van der Waals surface area contributed by atoms with Crippen LogP contribution in [0.15, 0.2) is 40.9 Å². The molecule has 1 unspecified atom stereocenters. The molecule has 2 rings (SSSR count). The van der Waals surface area contributed by atoms with Crippen molar-refractivity contribution in [3.05, 3.63) is 57.0 Å². The van der Waals surface area contributed by atoms with Crippen LogP contribution in [0.25, 0.3) is 0 Å². The molecule has 2 aromatic carbocycles. The van der Waals surface area contributed by atoms with E-state index in [0.29, 0.717) is 10.8 Å². The first-order valence-electron chi connectivity index (χ1n) is 5.99. The molecule has 2 N–H and O–H groups in total. The highest BCUT2D eigenvalue weighted by Crippen LogP contribution is 2.35. The maximum Gasteiger partial charge on any atom is 0.127 e. The van der Waals surface area contributed by atoms with Crippen molar-refractivity contribution in [2.45, 2.75) is 6.04 Å². The third-order valence-corrected chi connectivity index (χ3v) is 4.00. The highest BCUT2D eigenvalue weighted by atomic mass is 79.9. The maximum atomic E-state index is 6.34. The lowest BCUT2D eigenvalue weighted by Gasteiger charge is -2.18. The highest BCUT2D eigenvalue weighted by molar-refractivity contribution is 9.10. The van der Waals surface area contributed by atoms with Crippen LogP contribution in [0, 0.1) is 0 Å². The Balaban J connectivity index is 2.44. The molecule has 0 amide bonds. The van der Waals surface area contributed by atoms with Gasteiger partial charge in [0.15, 0.2) is 0 Å². The van der Waals surface area contributed by atoms with E-state index in [9.17, 15) is 0 Å². The SMILES string of the molecule is COc1ccc(C(N)c2ccc(Cl)cc2Br)c(OC)c1. The third kappa shape index (κ3) is 3.08. The van der Waals surface area contributed by atoms with E-state index < -0.39 is 0 Å². The quantitative estimate of drug-likeness (QED) is 0.894. The summed E-state index contributed by atoms with van der Waals surface area (Å²) in [6, 6.07) is 10.8. The van der Waals surface area contributed by atoms with Gasteiger partial charge >= 0.3 is 0 Å². The average molecular weight is 357 g/mol. The number of ether oxygens (including phenoxy) is 2. The summed E-state index contributed by atoms with van der Waals surface area (Å²) in [6.45, 7) is 0. The second-order valence-electron chi connectivity index (χ2n) is 4.25. The number of hydrogen-bond acceptors (Lipinski definition) is 3. The summed E-state index contributed by atoms with van der Waals surface area (Å²) in [5.41, 5.74) is 8.17. The Morgan fingerprint density at radius 1 is 1.05 bits per heavy atom. The number of nitrogens with two attached hydrogens (primary N) is 1. The summed E-state index contributed by atoms with van der Waals surface area (Å²) in [5, 5.41) is 0.662. The molecule has 0 radical (unpaired) electrons. The minimum atomic E-state index is -0.317. The summed E-state index contributed by atoms with van der Waals surface area (Å²) in [4.78, 5) is 0. The van der Waals surface area contributed by atoms with Crippen LogP contribution < -0.4 is 15.2 Å². The Morgan fingerprint density at radius 3 is 2.35 bits per heavy atom. The van der Waals surface area contributed by atoms with Gasteiger partial charge in [0.1, 0.15) is 11.5 Å². The molecule has 0 bridgehead atoms. The van der Waals surface area contributed by atoms with E-state index in [2.05, 4.69) is 15.9 Å². The molecule has 3 nitrogen and oxygen atoms in total. The Kier molecular flexibility index (Phi) is 4.91. The zero-order valence-corrected chi connectivity index (χ0v) is 13.5. The van der Waals surface area contributed by atoms with Crippen molar-refractivity contribution in [3.63, 3.8) is 0 Å². The van der Waals surface area contributed by atoms with Crippen LogP contribution in [0.4, 0.5) is 0 Å². The van der Waals surface area contributed by atoms with Gasteiger partial charge in [0, 0.05) is 21.1 Å². The molecule has 106 valence electrons. The number of rotatable bonds is 4. The second kappa shape index (κ2) is 6.48.